The highest BCUT2D eigenvalue weighted by atomic mass is 79.9. The first-order valence-electron chi connectivity index (χ1n) is 3.59. The highest BCUT2D eigenvalue weighted by Crippen LogP contribution is 2.22. The largest absolute Gasteiger partial charge is 0.326 e. The highest BCUT2D eigenvalue weighted by Gasteiger charge is 2.05. The number of benzene rings is 1. The molecule has 62 valence electrons. The van der Waals surface area contributed by atoms with Gasteiger partial charge in [0.15, 0.2) is 0 Å². The Morgan fingerprint density at radius 2 is 2.25 bits per heavy atom. The van der Waals surface area contributed by atoms with Crippen LogP contribution in [0.25, 0.3) is 0 Å². The van der Waals surface area contributed by atoms with Crippen LogP contribution in [0.1, 0.15) is 16.7 Å². The Morgan fingerprint density at radius 3 is 2.75 bits per heavy atom. The molecule has 0 aliphatic rings. The van der Waals surface area contributed by atoms with Gasteiger partial charge >= 0.3 is 0 Å². The number of nitrogens with two attached hydrogens (primary N) is 1. The van der Waals surface area contributed by atoms with Crippen LogP contribution < -0.4 is 5.73 Å². The maximum absolute atomic E-state index is 8.74. The Hall–Kier alpha value is -0.850. The van der Waals surface area contributed by atoms with Gasteiger partial charge in [-0.25, -0.2) is 0 Å². The molecule has 1 aromatic rings. The summed E-state index contributed by atoms with van der Waals surface area (Å²) >= 11 is 3.39. The van der Waals surface area contributed by atoms with Crippen molar-refractivity contribution in [2.75, 3.05) is 0 Å². The van der Waals surface area contributed by atoms with Crippen molar-refractivity contribution in [1.82, 2.24) is 0 Å². The smallest absolute Gasteiger partial charge is 0.0995 e. The molecule has 12 heavy (non-hydrogen) atoms. The summed E-state index contributed by atoms with van der Waals surface area (Å²) in [5.41, 5.74) is 8.16. The van der Waals surface area contributed by atoms with Gasteiger partial charge in [0, 0.05) is 11.0 Å². The molecule has 0 fully saturated rings. The molecular formula is C9H9BrN2. The van der Waals surface area contributed by atoms with Gasteiger partial charge in [-0.3, -0.25) is 0 Å². The van der Waals surface area contributed by atoms with E-state index in [1.54, 1.807) is 6.07 Å². The summed E-state index contributed by atoms with van der Waals surface area (Å²) in [5, 5.41) is 8.74. The summed E-state index contributed by atoms with van der Waals surface area (Å²) in [4.78, 5) is 0. The molecule has 0 atom stereocenters. The van der Waals surface area contributed by atoms with Crippen molar-refractivity contribution in [2.24, 2.45) is 5.73 Å². The fourth-order valence-corrected chi connectivity index (χ4v) is 1.47. The zero-order valence-electron chi connectivity index (χ0n) is 6.76. The Bertz CT molecular complexity index is 339. The number of rotatable bonds is 1. The second kappa shape index (κ2) is 3.70. The van der Waals surface area contributed by atoms with Crippen molar-refractivity contribution < 1.29 is 0 Å². The zero-order chi connectivity index (χ0) is 9.14. The Morgan fingerprint density at radius 1 is 1.58 bits per heavy atom. The molecule has 0 bridgehead atoms. The van der Waals surface area contributed by atoms with E-state index in [-0.39, 0.29) is 0 Å². The minimum absolute atomic E-state index is 0.411. The van der Waals surface area contributed by atoms with Crippen LogP contribution in [-0.4, -0.2) is 0 Å². The number of nitrogens with zero attached hydrogens (tertiary/aromatic N) is 1. The minimum atomic E-state index is 0.411. The quantitative estimate of drug-likeness (QED) is 0.795. The number of hydrogen-bond donors (Lipinski definition) is 1. The molecule has 0 heterocycles. The lowest BCUT2D eigenvalue weighted by molar-refractivity contribution is 1.04. The third-order valence-electron chi connectivity index (χ3n) is 1.86. The molecule has 0 unspecified atom stereocenters. The first kappa shape index (κ1) is 9.24. The molecule has 0 saturated carbocycles. The second-order valence-corrected chi connectivity index (χ2v) is 3.37. The fourth-order valence-electron chi connectivity index (χ4n) is 1.10. The summed E-state index contributed by atoms with van der Waals surface area (Å²) < 4.78 is 1.00. The predicted octanol–water partition coefficient (Wildman–Crippen LogP) is 2.09. The van der Waals surface area contributed by atoms with Gasteiger partial charge in [0.1, 0.15) is 0 Å². The van der Waals surface area contributed by atoms with Crippen LogP contribution in [0.5, 0.6) is 0 Å². The molecule has 1 aromatic carbocycles. The van der Waals surface area contributed by atoms with E-state index in [9.17, 15) is 0 Å². The van der Waals surface area contributed by atoms with E-state index in [4.69, 9.17) is 11.0 Å². The Balaban J connectivity index is 3.38. The van der Waals surface area contributed by atoms with Crippen LogP contribution in [0.3, 0.4) is 0 Å². The topological polar surface area (TPSA) is 49.8 Å². The molecule has 0 amide bonds. The lowest BCUT2D eigenvalue weighted by Crippen LogP contribution is -2.02. The maximum Gasteiger partial charge on any atom is 0.0995 e. The van der Waals surface area contributed by atoms with Crippen LogP contribution in [0.15, 0.2) is 16.6 Å². The van der Waals surface area contributed by atoms with E-state index in [1.807, 2.05) is 13.0 Å². The average Bonchev–Trinajstić information content (AvgIpc) is 2.09. The van der Waals surface area contributed by atoms with E-state index in [0.717, 1.165) is 15.6 Å². The standard InChI is InChI=1S/C9H9BrN2/c1-6-8(5-12)7(4-11)2-3-9(6)10/h2-3H,5,12H2,1H3. The second-order valence-electron chi connectivity index (χ2n) is 2.51. The third kappa shape index (κ3) is 1.50. The molecule has 0 aliphatic carbocycles. The van der Waals surface area contributed by atoms with Gasteiger partial charge in [0.25, 0.3) is 0 Å². The normalized spacial score (nSPS) is 9.50. The van der Waals surface area contributed by atoms with Gasteiger partial charge in [-0.15, -0.1) is 0 Å². The summed E-state index contributed by atoms with van der Waals surface area (Å²) in [6, 6.07) is 5.76. The molecule has 3 heteroatoms. The number of nitriles is 1. The van der Waals surface area contributed by atoms with Gasteiger partial charge < -0.3 is 5.73 Å². The summed E-state index contributed by atoms with van der Waals surface area (Å²) in [7, 11) is 0. The molecule has 2 nitrogen and oxygen atoms in total. The van der Waals surface area contributed by atoms with E-state index in [2.05, 4.69) is 22.0 Å². The first-order valence-corrected chi connectivity index (χ1v) is 4.38. The number of hydrogen-bond acceptors (Lipinski definition) is 2. The summed E-state index contributed by atoms with van der Waals surface area (Å²) in [6.07, 6.45) is 0. The van der Waals surface area contributed by atoms with Crippen LogP contribution in [0.2, 0.25) is 0 Å². The molecule has 0 saturated heterocycles. The third-order valence-corrected chi connectivity index (χ3v) is 2.72. The van der Waals surface area contributed by atoms with E-state index < -0.39 is 0 Å². The van der Waals surface area contributed by atoms with Gasteiger partial charge in [-0.2, -0.15) is 5.26 Å². The first-order chi connectivity index (χ1) is 5.70. The van der Waals surface area contributed by atoms with Crippen molar-refractivity contribution >= 4 is 15.9 Å². The van der Waals surface area contributed by atoms with Crippen LogP contribution in [-0.2, 0) is 6.54 Å². The Kier molecular flexibility index (Phi) is 2.85. The predicted molar refractivity (Wildman–Crippen MR) is 51.5 cm³/mol. The molecule has 0 radical (unpaired) electrons. The van der Waals surface area contributed by atoms with E-state index in [0.29, 0.717) is 12.1 Å². The SMILES string of the molecule is Cc1c(Br)ccc(C#N)c1CN. The van der Waals surface area contributed by atoms with Crippen molar-refractivity contribution in [3.05, 3.63) is 33.3 Å². The zero-order valence-corrected chi connectivity index (χ0v) is 8.35. The Labute approximate surface area is 80.1 Å². The molecule has 1 rings (SSSR count). The van der Waals surface area contributed by atoms with Crippen molar-refractivity contribution in [1.29, 1.82) is 5.26 Å². The van der Waals surface area contributed by atoms with Gasteiger partial charge in [-0.1, -0.05) is 15.9 Å². The summed E-state index contributed by atoms with van der Waals surface area (Å²) in [6.45, 7) is 2.36. The van der Waals surface area contributed by atoms with Gasteiger partial charge in [0.2, 0.25) is 0 Å². The van der Waals surface area contributed by atoms with Crippen molar-refractivity contribution in [3.8, 4) is 6.07 Å². The monoisotopic (exact) mass is 224 g/mol. The molecule has 2 N–H and O–H groups in total. The van der Waals surface area contributed by atoms with E-state index in [1.165, 1.54) is 0 Å². The van der Waals surface area contributed by atoms with Gasteiger partial charge in [-0.05, 0) is 30.2 Å². The highest BCUT2D eigenvalue weighted by molar-refractivity contribution is 9.10. The van der Waals surface area contributed by atoms with Crippen molar-refractivity contribution in [3.63, 3.8) is 0 Å². The molecule has 0 aliphatic heterocycles. The molecular weight excluding hydrogens is 216 g/mol. The number of halogens is 1. The van der Waals surface area contributed by atoms with Crippen LogP contribution in [0, 0.1) is 18.3 Å². The van der Waals surface area contributed by atoms with Crippen molar-refractivity contribution in [2.45, 2.75) is 13.5 Å². The average molecular weight is 225 g/mol. The van der Waals surface area contributed by atoms with Crippen LogP contribution in [0.4, 0.5) is 0 Å². The lowest BCUT2D eigenvalue weighted by Gasteiger charge is -2.06. The van der Waals surface area contributed by atoms with E-state index >= 15 is 0 Å². The maximum atomic E-state index is 8.74. The molecule has 0 spiro atoms. The minimum Gasteiger partial charge on any atom is -0.326 e. The summed E-state index contributed by atoms with van der Waals surface area (Å²) in [5.74, 6) is 0. The lowest BCUT2D eigenvalue weighted by atomic mass is 10.0. The fraction of sp³-hybridized carbons (Fsp3) is 0.222. The van der Waals surface area contributed by atoms with Gasteiger partial charge in [0.05, 0.1) is 11.6 Å². The van der Waals surface area contributed by atoms with Crippen LogP contribution >= 0.6 is 15.9 Å². The molecule has 0 aromatic heterocycles.